The SMILES string of the molecule is CCCCCCC1CCC12CCCC2. The molecule has 0 heteroatoms. The quantitative estimate of drug-likeness (QED) is 0.544. The van der Waals surface area contributed by atoms with E-state index < -0.39 is 0 Å². The van der Waals surface area contributed by atoms with Gasteiger partial charge in [-0.15, -0.1) is 0 Å². The van der Waals surface area contributed by atoms with E-state index in [0.29, 0.717) is 0 Å². The smallest absolute Gasteiger partial charge is 0.0269 e. The largest absolute Gasteiger partial charge is 0.0654 e. The topological polar surface area (TPSA) is 0 Å². The summed E-state index contributed by atoms with van der Waals surface area (Å²) in [4.78, 5) is 0. The molecule has 0 heterocycles. The molecular weight excluding hydrogens is 168 g/mol. The van der Waals surface area contributed by atoms with Gasteiger partial charge in [0.2, 0.25) is 0 Å². The molecule has 82 valence electrons. The zero-order valence-electron chi connectivity index (χ0n) is 9.86. The summed E-state index contributed by atoms with van der Waals surface area (Å²) in [5.74, 6) is 1.14. The molecule has 1 atom stereocenters. The Hall–Kier alpha value is 0. The van der Waals surface area contributed by atoms with Crippen LogP contribution in [0.5, 0.6) is 0 Å². The molecule has 0 bridgehead atoms. The molecule has 0 aromatic carbocycles. The van der Waals surface area contributed by atoms with Gasteiger partial charge in [0.25, 0.3) is 0 Å². The Morgan fingerprint density at radius 3 is 2.36 bits per heavy atom. The normalized spacial score (nSPS) is 29.4. The molecule has 2 saturated carbocycles. The zero-order chi connectivity index (χ0) is 9.86. The summed E-state index contributed by atoms with van der Waals surface area (Å²) in [6.45, 7) is 2.31. The summed E-state index contributed by atoms with van der Waals surface area (Å²) in [7, 11) is 0. The monoisotopic (exact) mass is 194 g/mol. The molecule has 2 aliphatic carbocycles. The van der Waals surface area contributed by atoms with Crippen molar-refractivity contribution in [3.8, 4) is 0 Å². The molecule has 0 saturated heterocycles. The molecule has 0 N–H and O–H groups in total. The van der Waals surface area contributed by atoms with Crippen molar-refractivity contribution in [2.45, 2.75) is 77.6 Å². The molecule has 2 fully saturated rings. The highest BCUT2D eigenvalue weighted by Crippen LogP contribution is 2.58. The first kappa shape index (κ1) is 10.5. The van der Waals surface area contributed by atoms with Crippen molar-refractivity contribution in [3.63, 3.8) is 0 Å². The third-order valence-electron chi connectivity index (χ3n) is 4.86. The maximum absolute atomic E-state index is 2.31. The zero-order valence-corrected chi connectivity index (χ0v) is 9.86. The second-order valence-corrected chi connectivity index (χ2v) is 5.65. The van der Waals surface area contributed by atoms with Crippen LogP contribution < -0.4 is 0 Å². The highest BCUT2D eigenvalue weighted by atomic mass is 14.5. The van der Waals surface area contributed by atoms with E-state index in [9.17, 15) is 0 Å². The van der Waals surface area contributed by atoms with Gasteiger partial charge in [0.15, 0.2) is 0 Å². The van der Waals surface area contributed by atoms with E-state index in [2.05, 4.69) is 6.92 Å². The van der Waals surface area contributed by atoms with Gasteiger partial charge in [-0.05, 0) is 43.4 Å². The minimum absolute atomic E-state index is 0.881. The fraction of sp³-hybridized carbons (Fsp3) is 1.00. The van der Waals surface area contributed by atoms with Crippen LogP contribution >= 0.6 is 0 Å². The van der Waals surface area contributed by atoms with E-state index in [-0.39, 0.29) is 0 Å². The van der Waals surface area contributed by atoms with E-state index in [4.69, 9.17) is 0 Å². The Morgan fingerprint density at radius 1 is 1.00 bits per heavy atom. The molecule has 0 amide bonds. The highest BCUT2D eigenvalue weighted by molar-refractivity contribution is 4.98. The van der Waals surface area contributed by atoms with Crippen LogP contribution in [0.15, 0.2) is 0 Å². The van der Waals surface area contributed by atoms with Crippen molar-refractivity contribution < 1.29 is 0 Å². The second kappa shape index (κ2) is 4.68. The van der Waals surface area contributed by atoms with E-state index in [1.807, 2.05) is 0 Å². The Morgan fingerprint density at radius 2 is 1.79 bits per heavy atom. The molecule has 0 radical (unpaired) electrons. The maximum atomic E-state index is 2.31. The second-order valence-electron chi connectivity index (χ2n) is 5.65. The van der Waals surface area contributed by atoms with Crippen LogP contribution in [0.2, 0.25) is 0 Å². The average Bonchev–Trinajstić information content (AvgIpc) is 2.67. The molecular formula is C14H26. The van der Waals surface area contributed by atoms with E-state index in [1.165, 1.54) is 38.5 Å². The first-order valence-corrected chi connectivity index (χ1v) is 6.87. The van der Waals surface area contributed by atoms with Gasteiger partial charge in [-0.3, -0.25) is 0 Å². The summed E-state index contributed by atoms with van der Waals surface area (Å²) in [6, 6.07) is 0. The van der Waals surface area contributed by atoms with Crippen molar-refractivity contribution in [1.82, 2.24) is 0 Å². The third kappa shape index (κ3) is 1.99. The van der Waals surface area contributed by atoms with Crippen LogP contribution in [0.1, 0.15) is 77.6 Å². The van der Waals surface area contributed by atoms with E-state index in [0.717, 1.165) is 11.3 Å². The fourth-order valence-corrected chi connectivity index (χ4v) is 3.76. The van der Waals surface area contributed by atoms with Crippen molar-refractivity contribution in [2.75, 3.05) is 0 Å². The standard InChI is InChI=1S/C14H26/c1-2-3-4-5-8-13-9-12-14(13)10-6-7-11-14/h13H,2-12H2,1H3. The minimum atomic E-state index is 0.881. The third-order valence-corrected chi connectivity index (χ3v) is 4.86. The molecule has 0 aliphatic heterocycles. The first-order valence-electron chi connectivity index (χ1n) is 6.87. The molecule has 0 aromatic rings. The predicted molar refractivity (Wildman–Crippen MR) is 62.4 cm³/mol. The lowest BCUT2D eigenvalue weighted by Crippen LogP contribution is -2.37. The maximum Gasteiger partial charge on any atom is -0.0269 e. The molecule has 0 nitrogen and oxygen atoms in total. The van der Waals surface area contributed by atoms with E-state index >= 15 is 0 Å². The van der Waals surface area contributed by atoms with Gasteiger partial charge in [0.1, 0.15) is 0 Å². The van der Waals surface area contributed by atoms with Crippen LogP contribution in [0.25, 0.3) is 0 Å². The molecule has 2 aliphatic rings. The van der Waals surface area contributed by atoms with Crippen molar-refractivity contribution in [1.29, 1.82) is 0 Å². The predicted octanol–water partition coefficient (Wildman–Crippen LogP) is 4.93. The Bertz CT molecular complexity index is 165. The summed E-state index contributed by atoms with van der Waals surface area (Å²) in [5.41, 5.74) is 0.881. The van der Waals surface area contributed by atoms with Gasteiger partial charge >= 0.3 is 0 Å². The van der Waals surface area contributed by atoms with Gasteiger partial charge in [-0.2, -0.15) is 0 Å². The number of rotatable bonds is 5. The Balaban J connectivity index is 1.66. The van der Waals surface area contributed by atoms with Crippen LogP contribution in [0.3, 0.4) is 0 Å². The van der Waals surface area contributed by atoms with Crippen LogP contribution in [0, 0.1) is 11.3 Å². The van der Waals surface area contributed by atoms with Gasteiger partial charge in [0.05, 0.1) is 0 Å². The van der Waals surface area contributed by atoms with Crippen molar-refractivity contribution in [2.24, 2.45) is 11.3 Å². The molecule has 14 heavy (non-hydrogen) atoms. The number of hydrogen-bond donors (Lipinski definition) is 0. The first-order chi connectivity index (χ1) is 6.87. The lowest BCUT2D eigenvalue weighted by molar-refractivity contribution is 0.0287. The highest BCUT2D eigenvalue weighted by Gasteiger charge is 2.46. The number of unbranched alkanes of at least 4 members (excludes halogenated alkanes) is 3. The van der Waals surface area contributed by atoms with Gasteiger partial charge < -0.3 is 0 Å². The summed E-state index contributed by atoms with van der Waals surface area (Å²) in [6.07, 6.45) is 16.8. The Labute approximate surface area is 89.5 Å². The van der Waals surface area contributed by atoms with Gasteiger partial charge in [-0.1, -0.05) is 45.4 Å². The molecule has 1 unspecified atom stereocenters. The minimum Gasteiger partial charge on any atom is -0.0654 e. The van der Waals surface area contributed by atoms with Crippen LogP contribution in [0.4, 0.5) is 0 Å². The average molecular weight is 194 g/mol. The number of hydrogen-bond acceptors (Lipinski definition) is 0. The van der Waals surface area contributed by atoms with Crippen LogP contribution in [-0.4, -0.2) is 0 Å². The lowest BCUT2D eigenvalue weighted by Gasteiger charge is -2.48. The van der Waals surface area contributed by atoms with Gasteiger partial charge in [0, 0.05) is 0 Å². The Kier molecular flexibility index (Phi) is 3.52. The van der Waals surface area contributed by atoms with Crippen molar-refractivity contribution >= 4 is 0 Å². The molecule has 0 aromatic heterocycles. The van der Waals surface area contributed by atoms with Crippen LogP contribution in [-0.2, 0) is 0 Å². The van der Waals surface area contributed by atoms with Crippen molar-refractivity contribution in [3.05, 3.63) is 0 Å². The summed E-state index contributed by atoms with van der Waals surface area (Å²) >= 11 is 0. The van der Waals surface area contributed by atoms with Gasteiger partial charge in [-0.25, -0.2) is 0 Å². The molecule has 2 rings (SSSR count). The fourth-order valence-electron chi connectivity index (χ4n) is 3.76. The summed E-state index contributed by atoms with van der Waals surface area (Å²) < 4.78 is 0. The lowest BCUT2D eigenvalue weighted by atomic mass is 9.57. The molecule has 1 spiro atoms. The van der Waals surface area contributed by atoms with E-state index in [1.54, 1.807) is 32.1 Å². The summed E-state index contributed by atoms with van der Waals surface area (Å²) in [5, 5.41) is 0.